The molecule has 0 aliphatic carbocycles. The zero-order chi connectivity index (χ0) is 23.3. The number of Topliss-reactive ketones (excluding diaryl/α,β-unsaturated/α-hetero) is 1. The second-order valence-electron chi connectivity index (χ2n) is 7.34. The zero-order valence-corrected chi connectivity index (χ0v) is 19.0. The fraction of sp³-hybridized carbons (Fsp3) is 0.0417. The van der Waals surface area contributed by atoms with Crippen LogP contribution in [0.1, 0.15) is 17.2 Å². The highest BCUT2D eigenvalue weighted by Gasteiger charge is 2.48. The highest BCUT2D eigenvalue weighted by Crippen LogP contribution is 2.44. The monoisotopic (exact) mass is 498 g/mol. The Morgan fingerprint density at radius 1 is 0.970 bits per heavy atom. The van der Waals surface area contributed by atoms with Gasteiger partial charge in [-0.05, 0) is 60.2 Å². The van der Waals surface area contributed by atoms with Crippen molar-refractivity contribution in [2.45, 2.75) is 6.04 Å². The number of carbonyl (C=O) groups is 2. The molecule has 1 atom stereocenters. The van der Waals surface area contributed by atoms with Crippen molar-refractivity contribution in [2.24, 2.45) is 0 Å². The predicted octanol–water partition coefficient (Wildman–Crippen LogP) is 6.37. The molecular weight excluding hydrogens is 486 g/mol. The van der Waals surface area contributed by atoms with E-state index in [1.54, 1.807) is 48.5 Å². The van der Waals surface area contributed by atoms with Crippen molar-refractivity contribution in [3.8, 4) is 0 Å². The predicted molar refractivity (Wildman–Crippen MR) is 127 cm³/mol. The third kappa shape index (κ3) is 3.78. The van der Waals surface area contributed by atoms with Crippen molar-refractivity contribution in [2.75, 3.05) is 4.90 Å². The fourth-order valence-corrected chi connectivity index (χ4v) is 5.01. The summed E-state index contributed by atoms with van der Waals surface area (Å²) >= 11 is 13.1. The number of halogens is 3. The van der Waals surface area contributed by atoms with Crippen LogP contribution in [0.5, 0.6) is 0 Å². The number of anilines is 1. The molecule has 33 heavy (non-hydrogen) atoms. The van der Waals surface area contributed by atoms with E-state index in [0.717, 1.165) is 11.3 Å². The smallest absolute Gasteiger partial charge is 0.301 e. The minimum Gasteiger partial charge on any atom is -0.507 e. The number of aliphatic hydroxyl groups excluding tert-OH is 1. The van der Waals surface area contributed by atoms with Crippen molar-refractivity contribution in [3.05, 3.63) is 99.3 Å². The first-order chi connectivity index (χ1) is 15.8. The molecule has 4 aromatic rings. The molecule has 2 heterocycles. The summed E-state index contributed by atoms with van der Waals surface area (Å²) in [5, 5.41) is 12.2. The van der Waals surface area contributed by atoms with E-state index in [9.17, 15) is 19.1 Å². The van der Waals surface area contributed by atoms with Crippen molar-refractivity contribution >= 4 is 67.3 Å². The van der Waals surface area contributed by atoms with Crippen LogP contribution in [0, 0.1) is 5.82 Å². The minimum absolute atomic E-state index is 0.0879. The van der Waals surface area contributed by atoms with Gasteiger partial charge in [0.25, 0.3) is 5.78 Å². The quantitative estimate of drug-likeness (QED) is 0.202. The molecule has 164 valence electrons. The van der Waals surface area contributed by atoms with Gasteiger partial charge in [0.1, 0.15) is 11.6 Å². The van der Waals surface area contributed by atoms with Crippen LogP contribution >= 0.6 is 34.5 Å². The van der Waals surface area contributed by atoms with Gasteiger partial charge < -0.3 is 5.11 Å². The SMILES string of the molecule is O=C1C(=O)N(c2nc3ccc(F)cc3s2)[C@@H](c2ccc(Cl)cc2)/C1=C(\O)c1ccc(Cl)cc1. The van der Waals surface area contributed by atoms with Crippen LogP contribution < -0.4 is 4.90 Å². The molecule has 0 radical (unpaired) electrons. The van der Waals surface area contributed by atoms with E-state index < -0.39 is 23.5 Å². The van der Waals surface area contributed by atoms with Crippen LogP contribution in [-0.4, -0.2) is 21.8 Å². The van der Waals surface area contributed by atoms with Crippen LogP contribution in [0.4, 0.5) is 9.52 Å². The summed E-state index contributed by atoms with van der Waals surface area (Å²) in [6, 6.07) is 16.0. The van der Waals surface area contributed by atoms with E-state index in [1.807, 2.05) is 0 Å². The normalized spacial score (nSPS) is 17.8. The Bertz CT molecular complexity index is 1450. The number of fused-ring (bicyclic) bond motifs is 1. The van der Waals surface area contributed by atoms with Gasteiger partial charge >= 0.3 is 5.91 Å². The van der Waals surface area contributed by atoms with Gasteiger partial charge in [-0.3, -0.25) is 14.5 Å². The van der Waals surface area contributed by atoms with Crippen molar-refractivity contribution in [3.63, 3.8) is 0 Å². The Kier molecular flexibility index (Phi) is 5.40. The van der Waals surface area contributed by atoms with Crippen LogP contribution in [0.2, 0.25) is 10.0 Å². The summed E-state index contributed by atoms with van der Waals surface area (Å²) in [7, 11) is 0. The lowest BCUT2D eigenvalue weighted by atomic mass is 9.95. The number of nitrogens with zero attached hydrogens (tertiary/aromatic N) is 2. The van der Waals surface area contributed by atoms with E-state index >= 15 is 0 Å². The lowest BCUT2D eigenvalue weighted by Gasteiger charge is -2.23. The number of benzene rings is 3. The molecule has 1 amide bonds. The van der Waals surface area contributed by atoms with Crippen LogP contribution in [0.25, 0.3) is 16.0 Å². The van der Waals surface area contributed by atoms with Crippen molar-refractivity contribution in [1.82, 2.24) is 4.98 Å². The van der Waals surface area contributed by atoms with Crippen LogP contribution in [0.15, 0.2) is 72.3 Å². The summed E-state index contributed by atoms with van der Waals surface area (Å²) < 4.78 is 14.2. The lowest BCUT2D eigenvalue weighted by Crippen LogP contribution is -2.29. The molecule has 9 heteroatoms. The first-order valence-electron chi connectivity index (χ1n) is 9.72. The highest BCUT2D eigenvalue weighted by atomic mass is 35.5. The third-order valence-corrected chi connectivity index (χ3v) is 6.81. The second kappa shape index (κ2) is 8.26. The molecule has 1 N–H and O–H groups in total. The number of aromatic nitrogens is 1. The summed E-state index contributed by atoms with van der Waals surface area (Å²) in [5.41, 5.74) is 1.29. The molecule has 1 saturated heterocycles. The Hall–Kier alpha value is -3.26. The van der Waals surface area contributed by atoms with Crippen LogP contribution in [-0.2, 0) is 9.59 Å². The number of rotatable bonds is 3. The van der Waals surface area contributed by atoms with E-state index in [2.05, 4.69) is 4.98 Å². The van der Waals surface area contributed by atoms with Gasteiger partial charge in [-0.15, -0.1) is 0 Å². The summed E-state index contributed by atoms with van der Waals surface area (Å²) in [5.74, 6) is -2.46. The molecule has 0 unspecified atom stereocenters. The van der Waals surface area contributed by atoms with E-state index in [0.29, 0.717) is 31.4 Å². The topological polar surface area (TPSA) is 70.5 Å². The molecule has 5 rings (SSSR count). The molecule has 1 aliphatic rings. The number of amides is 1. The molecule has 0 spiro atoms. The van der Waals surface area contributed by atoms with Gasteiger partial charge in [0.2, 0.25) is 0 Å². The summed E-state index contributed by atoms with van der Waals surface area (Å²) in [4.78, 5) is 32.0. The molecule has 3 aromatic carbocycles. The minimum atomic E-state index is -0.955. The molecule has 5 nitrogen and oxygen atoms in total. The average Bonchev–Trinajstić information content (AvgIpc) is 3.32. The Morgan fingerprint density at radius 2 is 1.61 bits per heavy atom. The number of hydrogen-bond acceptors (Lipinski definition) is 5. The summed E-state index contributed by atoms with van der Waals surface area (Å²) in [6.45, 7) is 0. The van der Waals surface area contributed by atoms with Gasteiger partial charge in [0, 0.05) is 15.6 Å². The van der Waals surface area contributed by atoms with E-state index in [-0.39, 0.29) is 16.5 Å². The molecule has 0 bridgehead atoms. The maximum atomic E-state index is 13.7. The van der Waals surface area contributed by atoms with Gasteiger partial charge in [-0.1, -0.05) is 46.7 Å². The molecule has 1 fully saturated rings. The van der Waals surface area contributed by atoms with Gasteiger partial charge in [0.15, 0.2) is 5.13 Å². The molecule has 0 saturated carbocycles. The largest absolute Gasteiger partial charge is 0.507 e. The Morgan fingerprint density at radius 3 is 2.27 bits per heavy atom. The lowest BCUT2D eigenvalue weighted by molar-refractivity contribution is -0.132. The Balaban J connectivity index is 1.73. The van der Waals surface area contributed by atoms with Crippen molar-refractivity contribution in [1.29, 1.82) is 0 Å². The molecule has 1 aliphatic heterocycles. The highest BCUT2D eigenvalue weighted by molar-refractivity contribution is 7.22. The number of carbonyl (C=O) groups excluding carboxylic acids is 2. The van der Waals surface area contributed by atoms with E-state index in [4.69, 9.17) is 23.2 Å². The summed E-state index contributed by atoms with van der Waals surface area (Å²) in [6.07, 6.45) is 0. The fourth-order valence-electron chi connectivity index (χ4n) is 3.74. The maximum absolute atomic E-state index is 13.7. The third-order valence-electron chi connectivity index (χ3n) is 5.29. The first kappa shape index (κ1) is 21.6. The maximum Gasteiger partial charge on any atom is 0.301 e. The zero-order valence-electron chi connectivity index (χ0n) is 16.6. The molecule has 1 aromatic heterocycles. The van der Waals surface area contributed by atoms with Crippen LogP contribution in [0.3, 0.4) is 0 Å². The standard InChI is InChI=1S/C24H13Cl2FN2O3S/c25-14-5-1-12(2-6-14)20-19(21(30)13-3-7-15(26)8-4-13)22(31)23(32)29(20)24-28-17-10-9-16(27)11-18(17)33-24/h1-11,20,30H/b21-19+/t20-/m0/s1. The van der Waals surface area contributed by atoms with Gasteiger partial charge in [-0.2, -0.15) is 0 Å². The van der Waals surface area contributed by atoms with Gasteiger partial charge in [0.05, 0.1) is 21.8 Å². The van der Waals surface area contributed by atoms with Gasteiger partial charge in [-0.25, -0.2) is 9.37 Å². The van der Waals surface area contributed by atoms with Crippen molar-refractivity contribution < 1.29 is 19.1 Å². The number of hydrogen-bond donors (Lipinski definition) is 1. The number of thiazole rings is 1. The second-order valence-corrected chi connectivity index (χ2v) is 9.22. The first-order valence-corrected chi connectivity index (χ1v) is 11.3. The molecular formula is C24H13Cl2FN2O3S. The number of aliphatic hydroxyl groups is 1. The Labute approximate surface area is 201 Å². The van der Waals surface area contributed by atoms with E-state index in [1.165, 1.54) is 23.1 Å². The average molecular weight is 499 g/mol. The number of ketones is 1.